The minimum Gasteiger partial charge on any atom is -0.365 e. The van der Waals surface area contributed by atoms with Crippen molar-refractivity contribution in [2.75, 3.05) is 0 Å². The van der Waals surface area contributed by atoms with Crippen LogP contribution >= 0.6 is 7.14 Å². The quantitative estimate of drug-likeness (QED) is 0.608. The van der Waals surface area contributed by atoms with Gasteiger partial charge in [-0.25, -0.2) is 0 Å². The van der Waals surface area contributed by atoms with Crippen molar-refractivity contribution in [1.82, 2.24) is 0 Å². The van der Waals surface area contributed by atoms with Crippen molar-refractivity contribution in [3.05, 3.63) is 60.7 Å². The van der Waals surface area contributed by atoms with Crippen molar-refractivity contribution in [1.29, 1.82) is 0 Å². The number of epoxide rings is 1. The van der Waals surface area contributed by atoms with E-state index in [1.54, 1.807) is 0 Å². The normalized spacial score (nSPS) is 25.3. The molecule has 23 heavy (non-hydrogen) atoms. The summed E-state index contributed by atoms with van der Waals surface area (Å²) in [5.41, 5.74) is -0.387. The minimum absolute atomic E-state index is 0.0628. The zero-order valence-corrected chi connectivity index (χ0v) is 15.2. The molecule has 3 rings (SSSR count). The summed E-state index contributed by atoms with van der Waals surface area (Å²) in [5, 5.41) is 1.83. The van der Waals surface area contributed by atoms with Crippen molar-refractivity contribution in [3.63, 3.8) is 0 Å². The SMILES string of the molecule is CC(C)C1OC1(C)C(C)P(=O)(c1ccccc1)c1ccccc1. The predicted molar refractivity (Wildman–Crippen MR) is 97.3 cm³/mol. The minimum atomic E-state index is -2.78. The van der Waals surface area contributed by atoms with Crippen LogP contribution in [0.25, 0.3) is 0 Å². The summed E-state index contributed by atoms with van der Waals surface area (Å²) in [5.74, 6) is 0.433. The molecule has 0 radical (unpaired) electrons. The summed E-state index contributed by atoms with van der Waals surface area (Å²) in [7, 11) is -2.78. The van der Waals surface area contributed by atoms with Crippen LogP contribution in [0.4, 0.5) is 0 Å². The summed E-state index contributed by atoms with van der Waals surface area (Å²) in [6, 6.07) is 19.7. The maximum absolute atomic E-state index is 14.3. The number of ether oxygens (including phenoxy) is 1. The van der Waals surface area contributed by atoms with Gasteiger partial charge in [0, 0.05) is 16.3 Å². The van der Waals surface area contributed by atoms with Crippen molar-refractivity contribution >= 4 is 17.8 Å². The highest BCUT2D eigenvalue weighted by molar-refractivity contribution is 7.79. The molecule has 2 aromatic carbocycles. The van der Waals surface area contributed by atoms with Crippen molar-refractivity contribution in [3.8, 4) is 0 Å². The third-order valence-electron chi connectivity index (χ3n) is 5.15. The van der Waals surface area contributed by atoms with Crippen molar-refractivity contribution in [2.24, 2.45) is 5.92 Å². The molecule has 0 aliphatic carbocycles. The Morgan fingerprint density at radius 1 is 0.913 bits per heavy atom. The van der Waals surface area contributed by atoms with Gasteiger partial charge in [0.1, 0.15) is 12.7 Å². The van der Waals surface area contributed by atoms with E-state index < -0.39 is 7.14 Å². The predicted octanol–water partition coefficient (Wildman–Crippen LogP) is 4.20. The Bertz CT molecular complexity index is 667. The average Bonchev–Trinajstić information content (AvgIpc) is 3.29. The number of benzene rings is 2. The molecule has 3 atom stereocenters. The van der Waals surface area contributed by atoms with E-state index in [4.69, 9.17) is 4.74 Å². The number of hydrogen-bond donors (Lipinski definition) is 0. The van der Waals surface area contributed by atoms with Gasteiger partial charge in [-0.1, -0.05) is 81.4 Å². The molecule has 0 aromatic heterocycles. The van der Waals surface area contributed by atoms with Gasteiger partial charge in [0.25, 0.3) is 0 Å². The van der Waals surface area contributed by atoms with E-state index in [-0.39, 0.29) is 17.4 Å². The van der Waals surface area contributed by atoms with Gasteiger partial charge < -0.3 is 9.30 Å². The molecule has 1 aliphatic heterocycles. The van der Waals surface area contributed by atoms with Crippen LogP contribution in [0.15, 0.2) is 60.7 Å². The summed E-state index contributed by atoms with van der Waals surface area (Å²) < 4.78 is 20.3. The number of hydrogen-bond acceptors (Lipinski definition) is 2. The van der Waals surface area contributed by atoms with Gasteiger partial charge in [-0.15, -0.1) is 0 Å². The fraction of sp³-hybridized carbons (Fsp3) is 0.400. The maximum Gasteiger partial charge on any atom is 0.148 e. The Balaban J connectivity index is 2.09. The molecule has 3 heteroatoms. The van der Waals surface area contributed by atoms with E-state index in [1.807, 2.05) is 60.7 Å². The lowest BCUT2D eigenvalue weighted by Gasteiger charge is -2.29. The molecule has 3 unspecified atom stereocenters. The summed E-state index contributed by atoms with van der Waals surface area (Å²) >= 11 is 0. The second-order valence-electron chi connectivity index (χ2n) is 6.97. The molecule has 0 bridgehead atoms. The molecular formula is C20H25O2P. The van der Waals surface area contributed by atoms with Crippen molar-refractivity contribution in [2.45, 2.75) is 45.1 Å². The molecule has 1 heterocycles. The summed E-state index contributed by atoms with van der Waals surface area (Å²) in [6.45, 7) is 8.53. The van der Waals surface area contributed by atoms with Gasteiger partial charge in [-0.05, 0) is 12.8 Å². The zero-order chi connectivity index (χ0) is 16.7. The van der Waals surface area contributed by atoms with Crippen LogP contribution in [0.3, 0.4) is 0 Å². The summed E-state index contributed by atoms with van der Waals surface area (Å²) in [4.78, 5) is 0. The first kappa shape index (κ1) is 16.5. The Morgan fingerprint density at radius 3 is 1.70 bits per heavy atom. The van der Waals surface area contributed by atoms with Gasteiger partial charge in [0.05, 0.1) is 6.10 Å². The van der Waals surface area contributed by atoms with E-state index in [9.17, 15) is 4.57 Å². The monoisotopic (exact) mass is 328 g/mol. The first-order chi connectivity index (χ1) is 10.9. The molecule has 2 aromatic rings. The molecule has 1 fully saturated rings. The van der Waals surface area contributed by atoms with Crippen LogP contribution in [-0.4, -0.2) is 17.4 Å². The van der Waals surface area contributed by atoms with E-state index in [0.29, 0.717) is 5.92 Å². The number of rotatable bonds is 5. The van der Waals surface area contributed by atoms with Crippen LogP contribution in [0.5, 0.6) is 0 Å². The van der Waals surface area contributed by atoms with Crippen LogP contribution < -0.4 is 10.6 Å². The highest BCUT2D eigenvalue weighted by Gasteiger charge is 2.62. The second-order valence-corrected chi connectivity index (χ2v) is 10.1. The lowest BCUT2D eigenvalue weighted by atomic mass is 9.96. The zero-order valence-electron chi connectivity index (χ0n) is 14.3. The Hall–Kier alpha value is -1.37. The van der Waals surface area contributed by atoms with Gasteiger partial charge in [-0.2, -0.15) is 0 Å². The van der Waals surface area contributed by atoms with E-state index in [1.165, 1.54) is 0 Å². The highest BCUT2D eigenvalue weighted by Crippen LogP contribution is 2.60. The Kier molecular flexibility index (Phi) is 4.25. The van der Waals surface area contributed by atoms with E-state index >= 15 is 0 Å². The topological polar surface area (TPSA) is 29.6 Å². The standard InChI is InChI=1S/C20H25O2P/c1-15(2)19-20(4,22-19)16(3)23(21,17-11-7-5-8-12-17)18-13-9-6-10-14-18/h5-16,19H,1-4H3. The highest BCUT2D eigenvalue weighted by atomic mass is 31.2. The fourth-order valence-electron chi connectivity index (χ4n) is 3.63. The largest absolute Gasteiger partial charge is 0.365 e. The average molecular weight is 328 g/mol. The van der Waals surface area contributed by atoms with Gasteiger partial charge in [-0.3, -0.25) is 0 Å². The van der Waals surface area contributed by atoms with Crippen molar-refractivity contribution < 1.29 is 9.30 Å². The molecule has 0 saturated carbocycles. The van der Waals surface area contributed by atoms with Crippen LogP contribution in [-0.2, 0) is 9.30 Å². The van der Waals surface area contributed by atoms with Crippen LogP contribution in [0.1, 0.15) is 27.7 Å². The second kappa shape index (κ2) is 5.92. The lowest BCUT2D eigenvalue weighted by molar-refractivity contribution is 0.290. The molecule has 0 N–H and O–H groups in total. The van der Waals surface area contributed by atoms with Gasteiger partial charge in [0.2, 0.25) is 0 Å². The molecule has 0 spiro atoms. The third kappa shape index (κ3) is 2.69. The Morgan fingerprint density at radius 2 is 1.35 bits per heavy atom. The molecule has 2 nitrogen and oxygen atoms in total. The third-order valence-corrected chi connectivity index (χ3v) is 8.88. The van der Waals surface area contributed by atoms with Gasteiger partial charge >= 0.3 is 0 Å². The van der Waals surface area contributed by atoms with Gasteiger partial charge in [0.15, 0.2) is 0 Å². The smallest absolute Gasteiger partial charge is 0.148 e. The molecule has 1 aliphatic rings. The Labute approximate surface area is 139 Å². The first-order valence-corrected chi connectivity index (χ1v) is 10.1. The van der Waals surface area contributed by atoms with Crippen LogP contribution in [0, 0.1) is 5.92 Å². The van der Waals surface area contributed by atoms with E-state index in [0.717, 1.165) is 10.6 Å². The van der Waals surface area contributed by atoms with Crippen LogP contribution in [0.2, 0.25) is 0 Å². The molecule has 122 valence electrons. The summed E-state index contributed by atoms with van der Waals surface area (Å²) in [6.07, 6.45) is 0.179. The molecular weight excluding hydrogens is 303 g/mol. The molecule has 1 saturated heterocycles. The fourth-order valence-corrected chi connectivity index (χ4v) is 6.98. The molecule has 0 amide bonds. The lowest BCUT2D eigenvalue weighted by Crippen LogP contribution is -2.35. The first-order valence-electron chi connectivity index (χ1n) is 8.29. The van der Waals surface area contributed by atoms with E-state index in [2.05, 4.69) is 27.7 Å². The maximum atomic E-state index is 14.3.